The molecule has 0 atom stereocenters. The predicted octanol–water partition coefficient (Wildman–Crippen LogP) is 4.23. The predicted molar refractivity (Wildman–Crippen MR) is 99.6 cm³/mol. The summed E-state index contributed by atoms with van der Waals surface area (Å²) in [5.74, 6) is -1.01. The summed E-state index contributed by atoms with van der Waals surface area (Å²) in [6, 6.07) is 12.0. The first kappa shape index (κ1) is 18.4. The third kappa shape index (κ3) is 5.96. The molecule has 0 radical (unpaired) electrons. The van der Waals surface area contributed by atoms with Gasteiger partial charge >= 0.3 is 0 Å². The lowest BCUT2D eigenvalue weighted by Crippen LogP contribution is -2.24. The number of nitrogens with one attached hydrogen (secondary N) is 2. The Morgan fingerprint density at radius 1 is 1.04 bits per heavy atom. The van der Waals surface area contributed by atoms with Gasteiger partial charge in [0.25, 0.3) is 0 Å². The lowest BCUT2D eigenvalue weighted by molar-refractivity contribution is -0.126. The monoisotopic (exact) mass is 427 g/mol. The first-order valence-electron chi connectivity index (χ1n) is 6.76. The molecule has 0 aliphatic rings. The van der Waals surface area contributed by atoms with Crippen LogP contribution >= 0.6 is 39.1 Å². The van der Waals surface area contributed by atoms with Crippen molar-refractivity contribution in [2.75, 3.05) is 5.32 Å². The minimum atomic E-state index is -0.527. The number of carbonyl (C=O) groups excluding carboxylic acids is 2. The van der Waals surface area contributed by atoms with Crippen molar-refractivity contribution >= 4 is 62.8 Å². The Morgan fingerprint density at radius 3 is 2.42 bits per heavy atom. The number of carbonyl (C=O) groups is 2. The van der Waals surface area contributed by atoms with Gasteiger partial charge in [-0.15, -0.1) is 0 Å². The molecule has 2 N–H and O–H groups in total. The summed E-state index contributed by atoms with van der Waals surface area (Å²) in [4.78, 5) is 23.5. The van der Waals surface area contributed by atoms with Crippen molar-refractivity contribution < 1.29 is 9.59 Å². The third-order valence-electron chi connectivity index (χ3n) is 2.80. The van der Waals surface area contributed by atoms with Crippen LogP contribution in [0.2, 0.25) is 10.0 Å². The lowest BCUT2D eigenvalue weighted by atomic mass is 10.2. The SMILES string of the molecule is O=C(CC(=O)Nc1ccc(Cl)c(Cl)c1)NN=Cc1ccc(Br)cc1. The van der Waals surface area contributed by atoms with Crippen LogP contribution in [0.1, 0.15) is 12.0 Å². The molecular weight excluding hydrogens is 417 g/mol. The lowest BCUT2D eigenvalue weighted by Gasteiger charge is -2.05. The average Bonchev–Trinajstić information content (AvgIpc) is 2.53. The van der Waals surface area contributed by atoms with E-state index in [1.54, 1.807) is 12.1 Å². The quantitative estimate of drug-likeness (QED) is 0.424. The zero-order chi connectivity index (χ0) is 17.5. The minimum Gasteiger partial charge on any atom is -0.326 e. The Bertz CT molecular complexity index is 779. The first-order valence-corrected chi connectivity index (χ1v) is 8.31. The number of nitrogens with zero attached hydrogens (tertiary/aromatic N) is 1. The topological polar surface area (TPSA) is 70.6 Å². The van der Waals surface area contributed by atoms with Crippen molar-refractivity contribution in [1.29, 1.82) is 0 Å². The zero-order valence-corrected chi connectivity index (χ0v) is 15.3. The highest BCUT2D eigenvalue weighted by Gasteiger charge is 2.09. The van der Waals surface area contributed by atoms with E-state index in [1.807, 2.05) is 24.3 Å². The van der Waals surface area contributed by atoms with Crippen molar-refractivity contribution in [3.05, 3.63) is 62.5 Å². The fourth-order valence-electron chi connectivity index (χ4n) is 1.69. The van der Waals surface area contributed by atoms with Crippen LogP contribution in [0.5, 0.6) is 0 Å². The van der Waals surface area contributed by atoms with Gasteiger partial charge < -0.3 is 5.32 Å². The van der Waals surface area contributed by atoms with E-state index in [1.165, 1.54) is 12.3 Å². The van der Waals surface area contributed by atoms with Gasteiger partial charge in [-0.05, 0) is 35.9 Å². The van der Waals surface area contributed by atoms with Crippen molar-refractivity contribution in [1.82, 2.24) is 5.43 Å². The Kier molecular flexibility index (Phi) is 6.78. The largest absolute Gasteiger partial charge is 0.326 e. The summed E-state index contributed by atoms with van der Waals surface area (Å²) in [5, 5.41) is 7.06. The molecule has 0 aliphatic heterocycles. The molecule has 0 saturated carbocycles. The van der Waals surface area contributed by atoms with E-state index in [9.17, 15) is 9.59 Å². The van der Waals surface area contributed by atoms with Crippen LogP contribution in [0.15, 0.2) is 52.0 Å². The van der Waals surface area contributed by atoms with E-state index in [0.717, 1.165) is 10.0 Å². The Balaban J connectivity index is 1.81. The highest BCUT2D eigenvalue weighted by Crippen LogP contribution is 2.24. The van der Waals surface area contributed by atoms with Gasteiger partial charge in [-0.3, -0.25) is 9.59 Å². The number of hydrazone groups is 1. The number of halogens is 3. The maximum atomic E-state index is 11.8. The summed E-state index contributed by atoms with van der Waals surface area (Å²) in [5.41, 5.74) is 3.57. The van der Waals surface area contributed by atoms with Crippen LogP contribution in [0.25, 0.3) is 0 Å². The number of hydrogen-bond donors (Lipinski definition) is 2. The summed E-state index contributed by atoms with van der Waals surface area (Å²) in [6.45, 7) is 0. The molecule has 0 spiro atoms. The highest BCUT2D eigenvalue weighted by atomic mass is 79.9. The summed E-state index contributed by atoms with van der Waals surface area (Å²) in [6.07, 6.45) is 1.12. The molecule has 5 nitrogen and oxygen atoms in total. The fourth-order valence-corrected chi connectivity index (χ4v) is 2.25. The summed E-state index contributed by atoms with van der Waals surface area (Å²) in [7, 11) is 0. The second-order valence-corrected chi connectivity index (χ2v) is 6.43. The first-order chi connectivity index (χ1) is 11.4. The standard InChI is InChI=1S/C16H12BrCl2N3O2/c17-11-3-1-10(2-4-11)9-20-22-16(24)8-15(23)21-12-5-6-13(18)14(19)7-12/h1-7,9H,8H2,(H,21,23)(H,22,24). The van der Waals surface area contributed by atoms with Gasteiger partial charge in [0, 0.05) is 10.2 Å². The van der Waals surface area contributed by atoms with Crippen LogP contribution in [0.4, 0.5) is 5.69 Å². The Morgan fingerprint density at radius 2 is 1.75 bits per heavy atom. The molecule has 0 fully saturated rings. The molecule has 0 unspecified atom stereocenters. The zero-order valence-electron chi connectivity index (χ0n) is 12.2. The van der Waals surface area contributed by atoms with E-state index in [0.29, 0.717) is 15.7 Å². The second kappa shape index (κ2) is 8.82. The maximum Gasteiger partial charge on any atom is 0.249 e. The van der Waals surface area contributed by atoms with Gasteiger partial charge in [0.05, 0.1) is 16.3 Å². The molecule has 0 heterocycles. The molecule has 0 aliphatic carbocycles. The van der Waals surface area contributed by atoms with E-state index >= 15 is 0 Å². The second-order valence-electron chi connectivity index (χ2n) is 4.70. The number of anilines is 1. The number of amides is 2. The van der Waals surface area contributed by atoms with Gasteiger partial charge in [0.2, 0.25) is 11.8 Å². The van der Waals surface area contributed by atoms with E-state index < -0.39 is 11.8 Å². The molecule has 0 aromatic heterocycles. The van der Waals surface area contributed by atoms with Crippen LogP contribution in [0.3, 0.4) is 0 Å². The molecule has 0 saturated heterocycles. The average molecular weight is 429 g/mol. The molecule has 2 aromatic rings. The molecule has 0 bridgehead atoms. The van der Waals surface area contributed by atoms with E-state index in [4.69, 9.17) is 23.2 Å². The maximum absolute atomic E-state index is 11.8. The molecule has 2 amide bonds. The van der Waals surface area contributed by atoms with Crippen LogP contribution in [0, 0.1) is 0 Å². The van der Waals surface area contributed by atoms with Crippen LogP contribution < -0.4 is 10.7 Å². The van der Waals surface area contributed by atoms with Crippen molar-refractivity contribution in [2.24, 2.45) is 5.10 Å². The molecule has 24 heavy (non-hydrogen) atoms. The van der Waals surface area contributed by atoms with Crippen molar-refractivity contribution in [2.45, 2.75) is 6.42 Å². The van der Waals surface area contributed by atoms with E-state index in [2.05, 4.69) is 31.8 Å². The summed E-state index contributed by atoms with van der Waals surface area (Å²) >= 11 is 15.0. The van der Waals surface area contributed by atoms with Gasteiger partial charge in [0.1, 0.15) is 6.42 Å². The smallest absolute Gasteiger partial charge is 0.249 e. The third-order valence-corrected chi connectivity index (χ3v) is 4.07. The molecule has 8 heteroatoms. The van der Waals surface area contributed by atoms with Gasteiger partial charge in [-0.25, -0.2) is 5.43 Å². The fraction of sp³-hybridized carbons (Fsp3) is 0.0625. The van der Waals surface area contributed by atoms with E-state index in [-0.39, 0.29) is 6.42 Å². The van der Waals surface area contributed by atoms with Crippen molar-refractivity contribution in [3.63, 3.8) is 0 Å². The summed E-state index contributed by atoms with van der Waals surface area (Å²) < 4.78 is 0.947. The molecule has 2 rings (SSSR count). The van der Waals surface area contributed by atoms with Gasteiger partial charge in [0.15, 0.2) is 0 Å². The minimum absolute atomic E-state index is 0.318. The number of benzene rings is 2. The Hall–Kier alpha value is -1.89. The van der Waals surface area contributed by atoms with Crippen molar-refractivity contribution in [3.8, 4) is 0 Å². The Labute approximate surface area is 157 Å². The normalized spacial score (nSPS) is 10.6. The molecule has 2 aromatic carbocycles. The number of hydrogen-bond acceptors (Lipinski definition) is 3. The highest BCUT2D eigenvalue weighted by molar-refractivity contribution is 9.10. The van der Waals surface area contributed by atoms with Gasteiger partial charge in [-0.2, -0.15) is 5.10 Å². The molecular formula is C16H12BrCl2N3O2. The number of rotatable bonds is 5. The molecule has 124 valence electrons. The van der Waals surface area contributed by atoms with Crippen LogP contribution in [-0.4, -0.2) is 18.0 Å². The van der Waals surface area contributed by atoms with Gasteiger partial charge in [-0.1, -0.05) is 51.3 Å². The van der Waals surface area contributed by atoms with Crippen LogP contribution in [-0.2, 0) is 9.59 Å².